The summed E-state index contributed by atoms with van der Waals surface area (Å²) in [7, 11) is 2.09. The molecule has 1 atom stereocenters. The van der Waals surface area contributed by atoms with Crippen LogP contribution in [0, 0.1) is 10.1 Å². The topological polar surface area (TPSA) is 87.5 Å². The maximum Gasteiger partial charge on any atom is 0.269 e. The van der Waals surface area contributed by atoms with Crippen molar-refractivity contribution in [3.8, 4) is 0 Å². The first-order valence-electron chi connectivity index (χ1n) is 8.34. The Labute approximate surface area is 154 Å². The van der Waals surface area contributed by atoms with Gasteiger partial charge < -0.3 is 15.5 Å². The van der Waals surface area contributed by atoms with Crippen molar-refractivity contribution in [2.75, 3.05) is 18.9 Å². The number of likely N-dealkylation sites (N-methyl/N-ethyl adjacent to an activating group) is 1. The molecule has 2 N–H and O–H groups in total. The van der Waals surface area contributed by atoms with Crippen molar-refractivity contribution in [3.05, 3.63) is 62.0 Å². The summed E-state index contributed by atoms with van der Waals surface area (Å²) in [5.41, 5.74) is 2.86. The Morgan fingerprint density at radius 3 is 2.81 bits per heavy atom. The van der Waals surface area contributed by atoms with Gasteiger partial charge >= 0.3 is 0 Å². The predicted molar refractivity (Wildman–Crippen MR) is 101 cm³/mol. The van der Waals surface area contributed by atoms with Crippen molar-refractivity contribution in [2.45, 2.75) is 19.1 Å². The number of hydrogen-bond donors (Lipinski definition) is 2. The van der Waals surface area contributed by atoms with Crippen LogP contribution in [0.5, 0.6) is 0 Å². The summed E-state index contributed by atoms with van der Waals surface area (Å²) in [5.74, 6) is -0.0425. The van der Waals surface area contributed by atoms with E-state index in [0.717, 1.165) is 35.6 Å². The number of nitro benzene ring substituents is 1. The van der Waals surface area contributed by atoms with Crippen molar-refractivity contribution in [1.29, 1.82) is 0 Å². The van der Waals surface area contributed by atoms with E-state index in [9.17, 15) is 14.9 Å². The van der Waals surface area contributed by atoms with Gasteiger partial charge in [0, 0.05) is 30.1 Å². The SMILES string of the molecule is CN1CCc2c(sc3c2C(=O)N[C@@H](/C=C/c2ccc([N+](=O)[O-])cc2)N3)C1. The Bertz CT molecular complexity index is 904. The number of nitrogens with one attached hydrogen (secondary N) is 2. The number of carbonyl (C=O) groups is 1. The van der Waals surface area contributed by atoms with Gasteiger partial charge in [0.05, 0.1) is 10.5 Å². The van der Waals surface area contributed by atoms with Gasteiger partial charge in [0.25, 0.3) is 11.6 Å². The van der Waals surface area contributed by atoms with Crippen LogP contribution < -0.4 is 10.6 Å². The van der Waals surface area contributed by atoms with Crippen molar-refractivity contribution in [3.63, 3.8) is 0 Å². The minimum absolute atomic E-state index is 0.0425. The van der Waals surface area contributed by atoms with Crippen molar-refractivity contribution in [2.24, 2.45) is 0 Å². The Morgan fingerprint density at radius 1 is 1.31 bits per heavy atom. The minimum atomic E-state index is -0.423. The summed E-state index contributed by atoms with van der Waals surface area (Å²) in [6.07, 6.45) is 4.29. The maximum absolute atomic E-state index is 12.6. The smallest absolute Gasteiger partial charge is 0.269 e. The zero-order valence-electron chi connectivity index (χ0n) is 14.2. The highest BCUT2D eigenvalue weighted by molar-refractivity contribution is 7.16. The molecule has 0 spiro atoms. The molecule has 0 saturated carbocycles. The number of hydrogen-bond acceptors (Lipinski definition) is 6. The summed E-state index contributed by atoms with van der Waals surface area (Å²) in [5, 5.41) is 18.0. The molecule has 7 nitrogen and oxygen atoms in total. The number of carbonyl (C=O) groups excluding carboxylic acids is 1. The first-order chi connectivity index (χ1) is 12.5. The molecule has 0 bridgehead atoms. The van der Waals surface area contributed by atoms with Crippen LogP contribution in [-0.4, -0.2) is 35.5 Å². The van der Waals surface area contributed by atoms with Gasteiger partial charge in [-0.2, -0.15) is 0 Å². The van der Waals surface area contributed by atoms with Gasteiger partial charge in [0.1, 0.15) is 11.2 Å². The van der Waals surface area contributed by atoms with Crippen LogP contribution in [0.2, 0.25) is 0 Å². The molecule has 2 aromatic rings. The van der Waals surface area contributed by atoms with E-state index in [1.807, 2.05) is 12.2 Å². The molecule has 8 heteroatoms. The quantitative estimate of drug-likeness (QED) is 0.641. The summed E-state index contributed by atoms with van der Waals surface area (Å²) in [6.45, 7) is 1.85. The monoisotopic (exact) mass is 370 g/mol. The van der Waals surface area contributed by atoms with E-state index < -0.39 is 4.92 Å². The number of rotatable bonds is 3. The van der Waals surface area contributed by atoms with Gasteiger partial charge in [-0.15, -0.1) is 11.3 Å². The number of benzene rings is 1. The van der Waals surface area contributed by atoms with Gasteiger partial charge in [-0.25, -0.2) is 0 Å². The first kappa shape index (κ1) is 16.7. The third-order valence-electron chi connectivity index (χ3n) is 4.63. The standard InChI is InChI=1S/C18H18N4O3S/c1-21-9-8-13-14(10-21)26-18-16(13)17(23)19-15(20-18)7-4-11-2-5-12(6-3-11)22(24)25/h2-7,15,20H,8-10H2,1H3,(H,19,23)/b7-4+/t15-/m1/s1. The molecule has 2 aliphatic heterocycles. The number of fused-ring (bicyclic) bond motifs is 3. The normalized spacial score (nSPS) is 19.6. The van der Waals surface area contributed by atoms with E-state index >= 15 is 0 Å². The molecule has 1 aromatic carbocycles. The second kappa shape index (κ2) is 6.54. The molecular formula is C18H18N4O3S. The number of nitro groups is 1. The molecule has 0 radical (unpaired) electrons. The molecule has 4 rings (SSSR count). The molecule has 0 fully saturated rings. The fraction of sp³-hybridized carbons (Fsp3) is 0.278. The molecule has 0 aliphatic carbocycles. The molecule has 2 aliphatic rings. The highest BCUT2D eigenvalue weighted by Crippen LogP contribution is 2.38. The van der Waals surface area contributed by atoms with E-state index in [1.165, 1.54) is 22.6 Å². The van der Waals surface area contributed by atoms with Crippen LogP contribution in [-0.2, 0) is 13.0 Å². The molecule has 26 heavy (non-hydrogen) atoms. The first-order valence-corrected chi connectivity index (χ1v) is 9.16. The Balaban J connectivity index is 1.52. The number of amides is 1. The van der Waals surface area contributed by atoms with Crippen LogP contribution in [0.3, 0.4) is 0 Å². The molecular weight excluding hydrogens is 352 g/mol. The van der Waals surface area contributed by atoms with Crippen molar-refractivity contribution < 1.29 is 9.72 Å². The number of non-ortho nitro benzene ring substituents is 1. The van der Waals surface area contributed by atoms with Crippen molar-refractivity contribution >= 4 is 34.0 Å². The fourth-order valence-electron chi connectivity index (χ4n) is 3.27. The van der Waals surface area contributed by atoms with Gasteiger partial charge in [-0.05, 0) is 42.8 Å². The maximum atomic E-state index is 12.6. The average molecular weight is 370 g/mol. The minimum Gasteiger partial charge on any atom is -0.353 e. The summed E-state index contributed by atoms with van der Waals surface area (Å²) in [4.78, 5) is 26.4. The third-order valence-corrected chi connectivity index (χ3v) is 5.78. The Morgan fingerprint density at radius 2 is 2.08 bits per heavy atom. The van der Waals surface area contributed by atoms with Gasteiger partial charge in [-0.1, -0.05) is 6.08 Å². The molecule has 1 aromatic heterocycles. The van der Waals surface area contributed by atoms with Crippen LogP contribution in [0.4, 0.5) is 10.7 Å². The second-order valence-electron chi connectivity index (χ2n) is 6.50. The third kappa shape index (κ3) is 3.09. The van der Waals surface area contributed by atoms with E-state index in [2.05, 4.69) is 22.6 Å². The lowest BCUT2D eigenvalue weighted by Crippen LogP contribution is -2.43. The lowest BCUT2D eigenvalue weighted by molar-refractivity contribution is -0.384. The molecule has 134 valence electrons. The van der Waals surface area contributed by atoms with Gasteiger partial charge in [-0.3, -0.25) is 14.9 Å². The van der Waals surface area contributed by atoms with E-state index in [1.54, 1.807) is 23.5 Å². The average Bonchev–Trinajstić information content (AvgIpc) is 2.98. The number of anilines is 1. The van der Waals surface area contributed by atoms with Crippen LogP contribution in [0.15, 0.2) is 30.3 Å². The second-order valence-corrected chi connectivity index (χ2v) is 7.60. The lowest BCUT2D eigenvalue weighted by atomic mass is 10.0. The summed E-state index contributed by atoms with van der Waals surface area (Å²) in [6, 6.07) is 6.30. The van der Waals surface area contributed by atoms with Gasteiger partial charge in [0.15, 0.2) is 0 Å². The molecule has 1 amide bonds. The predicted octanol–water partition coefficient (Wildman–Crippen LogP) is 2.84. The van der Waals surface area contributed by atoms with E-state index in [4.69, 9.17) is 0 Å². The largest absolute Gasteiger partial charge is 0.353 e. The lowest BCUT2D eigenvalue weighted by Gasteiger charge is -2.25. The summed E-state index contributed by atoms with van der Waals surface area (Å²) < 4.78 is 0. The summed E-state index contributed by atoms with van der Waals surface area (Å²) >= 11 is 1.65. The van der Waals surface area contributed by atoms with E-state index in [-0.39, 0.29) is 17.8 Å². The number of nitrogens with zero attached hydrogens (tertiary/aromatic N) is 2. The van der Waals surface area contributed by atoms with Crippen LogP contribution in [0.1, 0.15) is 26.4 Å². The van der Waals surface area contributed by atoms with Crippen LogP contribution >= 0.6 is 11.3 Å². The molecule has 3 heterocycles. The van der Waals surface area contributed by atoms with E-state index in [0.29, 0.717) is 0 Å². The number of thiophene rings is 1. The highest BCUT2D eigenvalue weighted by atomic mass is 32.1. The zero-order chi connectivity index (χ0) is 18.3. The van der Waals surface area contributed by atoms with Crippen LogP contribution in [0.25, 0.3) is 6.08 Å². The molecule has 0 unspecified atom stereocenters. The Kier molecular flexibility index (Phi) is 4.21. The Hall–Kier alpha value is -2.71. The highest BCUT2D eigenvalue weighted by Gasteiger charge is 2.31. The molecule has 0 saturated heterocycles. The fourth-order valence-corrected chi connectivity index (χ4v) is 4.64. The zero-order valence-corrected chi connectivity index (χ0v) is 15.0. The van der Waals surface area contributed by atoms with Crippen molar-refractivity contribution in [1.82, 2.24) is 10.2 Å². The van der Waals surface area contributed by atoms with Gasteiger partial charge in [0.2, 0.25) is 0 Å².